The third kappa shape index (κ3) is 4.92. The Balaban J connectivity index is 1.61. The Morgan fingerprint density at radius 1 is 1.23 bits per heavy atom. The average Bonchev–Trinajstić information content (AvgIpc) is 3.63. The highest BCUT2D eigenvalue weighted by molar-refractivity contribution is 5.89. The van der Waals surface area contributed by atoms with Crippen molar-refractivity contribution in [3.8, 4) is 5.75 Å². The predicted octanol–water partition coefficient (Wildman–Crippen LogP) is 3.00. The first kappa shape index (κ1) is 20.6. The summed E-state index contributed by atoms with van der Waals surface area (Å²) in [5, 5.41) is 22.9. The van der Waals surface area contributed by atoms with Gasteiger partial charge in [-0.3, -0.25) is 9.78 Å². The van der Waals surface area contributed by atoms with Crippen LogP contribution in [0.15, 0.2) is 63.9 Å². The van der Waals surface area contributed by atoms with Crippen LogP contribution in [0, 0.1) is 5.92 Å². The summed E-state index contributed by atoms with van der Waals surface area (Å²) in [5.74, 6) is -0.502. The van der Waals surface area contributed by atoms with Gasteiger partial charge in [0.05, 0.1) is 17.9 Å². The molecule has 1 unspecified atom stereocenters. The maximum absolute atomic E-state index is 12.1. The standard InChI is InChI=1S/C23H22N2O6/c26-12-17-11-19(27)21(28)22(31-17)20(18-3-1-2-10-24-18)25-16-8-6-15(7-9-16)23(29)30-13-14-4-5-14/h1-3,6-11,14,20,25-26,28H,4-5,12-13H2. The van der Waals surface area contributed by atoms with Gasteiger partial charge in [0.25, 0.3) is 0 Å². The van der Waals surface area contributed by atoms with E-state index in [4.69, 9.17) is 9.15 Å². The number of aliphatic hydroxyl groups is 1. The molecule has 0 amide bonds. The summed E-state index contributed by atoms with van der Waals surface area (Å²) in [6, 6.07) is 12.1. The summed E-state index contributed by atoms with van der Waals surface area (Å²) >= 11 is 0. The summed E-state index contributed by atoms with van der Waals surface area (Å²) in [5.41, 5.74) is 0.855. The summed E-state index contributed by atoms with van der Waals surface area (Å²) in [7, 11) is 0. The molecule has 0 spiro atoms. The number of nitrogens with zero attached hydrogens (tertiary/aromatic N) is 1. The summed E-state index contributed by atoms with van der Waals surface area (Å²) < 4.78 is 10.9. The van der Waals surface area contributed by atoms with Crippen molar-refractivity contribution in [1.29, 1.82) is 0 Å². The second kappa shape index (κ2) is 9.01. The fraction of sp³-hybridized carbons (Fsp3) is 0.261. The Labute approximate surface area is 178 Å². The molecule has 8 heteroatoms. The van der Waals surface area contributed by atoms with E-state index in [1.807, 2.05) is 0 Å². The van der Waals surface area contributed by atoms with Gasteiger partial charge in [-0.2, -0.15) is 0 Å². The number of carbonyl (C=O) groups is 1. The number of aliphatic hydroxyl groups excluding tert-OH is 1. The fourth-order valence-corrected chi connectivity index (χ4v) is 3.08. The van der Waals surface area contributed by atoms with Crippen molar-refractivity contribution < 1.29 is 24.2 Å². The SMILES string of the molecule is O=C(OCC1CC1)c1ccc(NC(c2ccccn2)c2oc(CO)cc(=O)c2O)cc1. The molecular formula is C23H22N2O6. The van der Waals surface area contributed by atoms with Crippen LogP contribution < -0.4 is 10.7 Å². The lowest BCUT2D eigenvalue weighted by Gasteiger charge is -2.20. The van der Waals surface area contributed by atoms with Crippen molar-refractivity contribution >= 4 is 11.7 Å². The highest BCUT2D eigenvalue weighted by Gasteiger charge is 2.25. The second-order valence-electron chi connectivity index (χ2n) is 7.40. The number of hydrogen-bond donors (Lipinski definition) is 3. The molecule has 0 radical (unpaired) electrons. The van der Waals surface area contributed by atoms with E-state index in [1.54, 1.807) is 48.7 Å². The van der Waals surface area contributed by atoms with E-state index in [1.165, 1.54) is 0 Å². The molecule has 0 saturated heterocycles. The molecule has 3 N–H and O–H groups in total. The first-order valence-corrected chi connectivity index (χ1v) is 9.96. The number of rotatable bonds is 8. The number of ether oxygens (including phenoxy) is 1. The molecule has 1 saturated carbocycles. The third-order valence-corrected chi connectivity index (χ3v) is 4.98. The van der Waals surface area contributed by atoms with Gasteiger partial charge in [-0.25, -0.2) is 4.79 Å². The summed E-state index contributed by atoms with van der Waals surface area (Å²) in [6.07, 6.45) is 3.78. The van der Waals surface area contributed by atoms with Gasteiger partial charge in [0.15, 0.2) is 5.76 Å². The largest absolute Gasteiger partial charge is 0.502 e. The van der Waals surface area contributed by atoms with E-state index in [2.05, 4.69) is 10.3 Å². The number of pyridine rings is 1. The van der Waals surface area contributed by atoms with Crippen molar-refractivity contribution in [2.75, 3.05) is 11.9 Å². The number of benzene rings is 1. The smallest absolute Gasteiger partial charge is 0.338 e. The Hall–Kier alpha value is -3.65. The topological polar surface area (TPSA) is 122 Å². The fourth-order valence-electron chi connectivity index (χ4n) is 3.08. The van der Waals surface area contributed by atoms with Crippen LogP contribution in [-0.2, 0) is 11.3 Å². The molecule has 2 heterocycles. The monoisotopic (exact) mass is 422 g/mol. The molecule has 0 aliphatic heterocycles. The molecule has 160 valence electrons. The zero-order valence-electron chi connectivity index (χ0n) is 16.7. The maximum atomic E-state index is 12.1. The molecule has 31 heavy (non-hydrogen) atoms. The highest BCUT2D eigenvalue weighted by Crippen LogP contribution is 2.31. The minimum Gasteiger partial charge on any atom is -0.502 e. The number of hydrogen-bond acceptors (Lipinski definition) is 8. The Morgan fingerprint density at radius 2 is 2.00 bits per heavy atom. The van der Waals surface area contributed by atoms with Gasteiger partial charge in [0, 0.05) is 18.0 Å². The highest BCUT2D eigenvalue weighted by atomic mass is 16.5. The first-order valence-electron chi connectivity index (χ1n) is 9.96. The lowest BCUT2D eigenvalue weighted by atomic mass is 10.1. The Kier molecular flexibility index (Phi) is 5.99. The van der Waals surface area contributed by atoms with E-state index in [0.717, 1.165) is 18.9 Å². The van der Waals surface area contributed by atoms with Crippen molar-refractivity contribution in [3.63, 3.8) is 0 Å². The maximum Gasteiger partial charge on any atom is 0.338 e. The van der Waals surface area contributed by atoms with Gasteiger partial charge in [0.1, 0.15) is 18.4 Å². The Bertz CT molecular complexity index is 1110. The average molecular weight is 422 g/mol. The molecule has 2 aromatic heterocycles. The van der Waals surface area contributed by atoms with Crippen molar-refractivity contribution in [2.24, 2.45) is 5.92 Å². The van der Waals surface area contributed by atoms with Crippen LogP contribution in [0.25, 0.3) is 0 Å². The van der Waals surface area contributed by atoms with Gasteiger partial charge < -0.3 is 24.7 Å². The lowest BCUT2D eigenvalue weighted by Crippen LogP contribution is -2.17. The third-order valence-electron chi connectivity index (χ3n) is 4.98. The number of anilines is 1. The number of esters is 1. The molecular weight excluding hydrogens is 400 g/mol. The minimum atomic E-state index is -0.812. The van der Waals surface area contributed by atoms with Crippen molar-refractivity contribution in [3.05, 3.63) is 87.7 Å². The van der Waals surface area contributed by atoms with E-state index in [-0.39, 0.29) is 17.5 Å². The van der Waals surface area contributed by atoms with Crippen LogP contribution in [0.5, 0.6) is 5.75 Å². The molecule has 1 aliphatic rings. The van der Waals surface area contributed by atoms with E-state index in [0.29, 0.717) is 29.5 Å². The van der Waals surface area contributed by atoms with Gasteiger partial charge in [-0.15, -0.1) is 0 Å². The van der Waals surface area contributed by atoms with E-state index >= 15 is 0 Å². The molecule has 1 atom stereocenters. The van der Waals surface area contributed by atoms with Crippen LogP contribution in [0.3, 0.4) is 0 Å². The number of aromatic nitrogens is 1. The normalized spacial score (nSPS) is 14.1. The van der Waals surface area contributed by atoms with E-state index in [9.17, 15) is 19.8 Å². The number of nitrogens with one attached hydrogen (secondary N) is 1. The number of aromatic hydroxyl groups is 1. The molecule has 3 aromatic rings. The second-order valence-corrected chi connectivity index (χ2v) is 7.40. The zero-order valence-corrected chi connectivity index (χ0v) is 16.7. The Morgan fingerprint density at radius 3 is 2.65 bits per heavy atom. The molecule has 0 bridgehead atoms. The lowest BCUT2D eigenvalue weighted by molar-refractivity contribution is 0.0486. The van der Waals surface area contributed by atoms with Gasteiger partial charge >= 0.3 is 5.97 Å². The molecule has 1 fully saturated rings. The zero-order chi connectivity index (χ0) is 21.8. The van der Waals surface area contributed by atoms with Crippen LogP contribution in [0.1, 0.15) is 46.5 Å². The minimum absolute atomic E-state index is 0.0225. The van der Waals surface area contributed by atoms with Crippen LogP contribution in [0.4, 0.5) is 5.69 Å². The quantitative estimate of drug-likeness (QED) is 0.474. The first-order chi connectivity index (χ1) is 15.0. The molecule has 8 nitrogen and oxygen atoms in total. The van der Waals surface area contributed by atoms with Crippen molar-refractivity contribution in [1.82, 2.24) is 4.98 Å². The summed E-state index contributed by atoms with van der Waals surface area (Å²) in [6.45, 7) is -0.0464. The molecule has 4 rings (SSSR count). The molecule has 1 aromatic carbocycles. The predicted molar refractivity (Wildman–Crippen MR) is 112 cm³/mol. The van der Waals surface area contributed by atoms with E-state index < -0.39 is 23.8 Å². The van der Waals surface area contributed by atoms with Crippen LogP contribution in [0.2, 0.25) is 0 Å². The number of carbonyl (C=O) groups excluding carboxylic acids is 1. The van der Waals surface area contributed by atoms with Gasteiger partial charge in [-0.1, -0.05) is 6.07 Å². The van der Waals surface area contributed by atoms with Gasteiger partial charge in [0.2, 0.25) is 11.2 Å². The molecule has 1 aliphatic carbocycles. The van der Waals surface area contributed by atoms with Crippen molar-refractivity contribution in [2.45, 2.75) is 25.5 Å². The summed E-state index contributed by atoms with van der Waals surface area (Å²) in [4.78, 5) is 28.6. The van der Waals surface area contributed by atoms with Crippen LogP contribution >= 0.6 is 0 Å². The van der Waals surface area contributed by atoms with Gasteiger partial charge in [-0.05, 0) is 55.2 Å². The van der Waals surface area contributed by atoms with Crippen LogP contribution in [-0.4, -0.2) is 27.8 Å².